The first-order valence-corrected chi connectivity index (χ1v) is 6.28. The summed E-state index contributed by atoms with van der Waals surface area (Å²) in [4.78, 5) is 2.57. The molecule has 1 rings (SSSR count). The first-order valence-electron chi connectivity index (χ1n) is 6.28. The van der Waals surface area contributed by atoms with Gasteiger partial charge in [0, 0.05) is 39.3 Å². The molecular weight excluding hydrogens is 186 g/mol. The Hall–Kier alpha value is -0.120. The Labute approximate surface area is 94.6 Å². The molecule has 2 N–H and O–H groups in total. The van der Waals surface area contributed by atoms with E-state index < -0.39 is 0 Å². The summed E-state index contributed by atoms with van der Waals surface area (Å²) in [6.07, 6.45) is 1.23. The van der Waals surface area contributed by atoms with E-state index in [2.05, 4.69) is 36.3 Å². The maximum absolute atomic E-state index is 3.52. The van der Waals surface area contributed by atoms with Crippen molar-refractivity contribution in [2.45, 2.75) is 27.2 Å². The summed E-state index contributed by atoms with van der Waals surface area (Å²) >= 11 is 0. The van der Waals surface area contributed by atoms with E-state index in [-0.39, 0.29) is 0 Å². The van der Waals surface area contributed by atoms with Gasteiger partial charge in [0.15, 0.2) is 0 Å². The van der Waals surface area contributed by atoms with Gasteiger partial charge in [-0.25, -0.2) is 0 Å². The maximum Gasteiger partial charge on any atom is 0.0108 e. The van der Waals surface area contributed by atoms with E-state index in [1.165, 1.54) is 26.1 Å². The second kappa shape index (κ2) is 6.46. The number of hydrogen-bond donors (Lipinski definition) is 2. The normalized spacial score (nSPS) is 19.4. The second-order valence-electron chi connectivity index (χ2n) is 5.37. The fourth-order valence-corrected chi connectivity index (χ4v) is 2.13. The molecule has 1 heterocycles. The van der Waals surface area contributed by atoms with Crippen molar-refractivity contribution in [1.82, 2.24) is 15.5 Å². The van der Waals surface area contributed by atoms with Gasteiger partial charge in [0.1, 0.15) is 0 Å². The number of hydrogen-bond acceptors (Lipinski definition) is 3. The molecule has 0 radical (unpaired) electrons. The lowest BCUT2D eigenvalue weighted by Crippen LogP contribution is -2.48. The van der Waals surface area contributed by atoms with Crippen LogP contribution in [0.25, 0.3) is 0 Å². The van der Waals surface area contributed by atoms with Crippen molar-refractivity contribution in [3.8, 4) is 0 Å². The number of piperazine rings is 1. The van der Waals surface area contributed by atoms with Gasteiger partial charge in [-0.3, -0.25) is 0 Å². The van der Waals surface area contributed by atoms with Crippen LogP contribution in [0.5, 0.6) is 0 Å². The quantitative estimate of drug-likeness (QED) is 0.643. The minimum atomic E-state index is 0.395. The Morgan fingerprint density at radius 1 is 1.27 bits per heavy atom. The first kappa shape index (κ1) is 12.9. The molecule has 0 aromatic carbocycles. The van der Waals surface area contributed by atoms with Crippen LogP contribution in [-0.2, 0) is 0 Å². The van der Waals surface area contributed by atoms with E-state index in [1.807, 2.05) is 0 Å². The minimum absolute atomic E-state index is 0.395. The maximum atomic E-state index is 3.52. The van der Waals surface area contributed by atoms with Gasteiger partial charge in [-0.1, -0.05) is 20.8 Å². The van der Waals surface area contributed by atoms with Crippen LogP contribution in [0.3, 0.4) is 0 Å². The van der Waals surface area contributed by atoms with Crippen molar-refractivity contribution < 1.29 is 0 Å². The van der Waals surface area contributed by atoms with Crippen LogP contribution in [0.4, 0.5) is 0 Å². The average Bonchev–Trinajstić information content (AvgIpc) is 2.18. The van der Waals surface area contributed by atoms with E-state index in [0.29, 0.717) is 5.41 Å². The number of nitrogens with one attached hydrogen (secondary N) is 2. The molecule has 0 bridgehead atoms. The second-order valence-corrected chi connectivity index (χ2v) is 5.37. The smallest absolute Gasteiger partial charge is 0.0108 e. The highest BCUT2D eigenvalue weighted by Crippen LogP contribution is 2.15. The molecule has 0 unspecified atom stereocenters. The van der Waals surface area contributed by atoms with Crippen molar-refractivity contribution in [2.24, 2.45) is 5.41 Å². The van der Waals surface area contributed by atoms with Crippen LogP contribution in [0.2, 0.25) is 0 Å². The van der Waals surface area contributed by atoms with Gasteiger partial charge in [0.25, 0.3) is 0 Å². The predicted octanol–water partition coefficient (Wildman–Crippen LogP) is 0.917. The fraction of sp³-hybridized carbons (Fsp3) is 1.00. The summed E-state index contributed by atoms with van der Waals surface area (Å²) in [5.41, 5.74) is 0.395. The highest BCUT2D eigenvalue weighted by Gasteiger charge is 2.22. The fourth-order valence-electron chi connectivity index (χ4n) is 2.13. The average molecular weight is 213 g/mol. The molecule has 1 aliphatic rings. The minimum Gasteiger partial charge on any atom is -0.316 e. The van der Waals surface area contributed by atoms with Gasteiger partial charge in [-0.15, -0.1) is 0 Å². The predicted molar refractivity (Wildman–Crippen MR) is 66.3 cm³/mol. The lowest BCUT2D eigenvalue weighted by molar-refractivity contribution is 0.158. The molecule has 3 nitrogen and oxygen atoms in total. The van der Waals surface area contributed by atoms with Crippen LogP contribution in [-0.4, -0.2) is 50.7 Å². The Bertz CT molecular complexity index is 162. The van der Waals surface area contributed by atoms with Crippen LogP contribution >= 0.6 is 0 Å². The summed E-state index contributed by atoms with van der Waals surface area (Å²) in [6, 6.07) is 0. The lowest BCUT2D eigenvalue weighted by Gasteiger charge is -2.35. The molecule has 0 spiro atoms. The van der Waals surface area contributed by atoms with Crippen molar-refractivity contribution >= 4 is 0 Å². The summed E-state index contributed by atoms with van der Waals surface area (Å²) < 4.78 is 0. The van der Waals surface area contributed by atoms with E-state index in [4.69, 9.17) is 0 Å². The Balaban J connectivity index is 2.20. The van der Waals surface area contributed by atoms with Crippen LogP contribution in [0.15, 0.2) is 0 Å². The zero-order chi connectivity index (χ0) is 11.1. The molecule has 3 heteroatoms. The molecule has 1 fully saturated rings. The standard InChI is InChI=1S/C12H27N3/c1-4-5-14-10-12(2,3)11-15-8-6-13-7-9-15/h13-14H,4-11H2,1-3H3. The zero-order valence-corrected chi connectivity index (χ0v) is 10.6. The van der Waals surface area contributed by atoms with Crippen molar-refractivity contribution in [2.75, 3.05) is 45.8 Å². The molecule has 0 aromatic rings. The Kier molecular flexibility index (Phi) is 5.58. The molecule has 0 aromatic heterocycles. The van der Waals surface area contributed by atoms with E-state index in [0.717, 1.165) is 26.2 Å². The summed E-state index contributed by atoms with van der Waals surface area (Å²) in [7, 11) is 0. The molecule has 0 amide bonds. The zero-order valence-electron chi connectivity index (χ0n) is 10.6. The summed E-state index contributed by atoms with van der Waals surface area (Å²) in [5.74, 6) is 0. The molecule has 1 saturated heterocycles. The number of nitrogens with zero attached hydrogens (tertiary/aromatic N) is 1. The van der Waals surface area contributed by atoms with Crippen LogP contribution < -0.4 is 10.6 Å². The monoisotopic (exact) mass is 213 g/mol. The van der Waals surface area contributed by atoms with E-state index in [9.17, 15) is 0 Å². The molecule has 0 atom stereocenters. The summed E-state index contributed by atoms with van der Waals surface area (Å²) in [6.45, 7) is 15.1. The first-order chi connectivity index (χ1) is 7.14. The van der Waals surface area contributed by atoms with Gasteiger partial charge < -0.3 is 15.5 Å². The summed E-state index contributed by atoms with van der Waals surface area (Å²) in [5, 5.41) is 6.92. The van der Waals surface area contributed by atoms with Crippen LogP contribution in [0, 0.1) is 5.41 Å². The molecule has 1 aliphatic heterocycles. The van der Waals surface area contributed by atoms with Gasteiger partial charge in [-0.05, 0) is 18.4 Å². The Morgan fingerprint density at radius 2 is 1.93 bits per heavy atom. The van der Waals surface area contributed by atoms with Gasteiger partial charge in [0.2, 0.25) is 0 Å². The highest BCUT2D eigenvalue weighted by atomic mass is 15.2. The number of rotatable bonds is 6. The van der Waals surface area contributed by atoms with E-state index >= 15 is 0 Å². The van der Waals surface area contributed by atoms with Crippen molar-refractivity contribution in [3.05, 3.63) is 0 Å². The third-order valence-electron chi connectivity index (χ3n) is 2.89. The topological polar surface area (TPSA) is 27.3 Å². The molecular formula is C12H27N3. The van der Waals surface area contributed by atoms with Crippen molar-refractivity contribution in [1.29, 1.82) is 0 Å². The van der Waals surface area contributed by atoms with Gasteiger partial charge >= 0.3 is 0 Å². The third-order valence-corrected chi connectivity index (χ3v) is 2.89. The SMILES string of the molecule is CCCNCC(C)(C)CN1CCNCC1. The highest BCUT2D eigenvalue weighted by molar-refractivity contribution is 4.78. The molecule has 15 heavy (non-hydrogen) atoms. The van der Waals surface area contributed by atoms with Gasteiger partial charge in [-0.2, -0.15) is 0 Å². The molecule has 0 saturated carbocycles. The third kappa shape index (κ3) is 5.50. The lowest BCUT2D eigenvalue weighted by atomic mass is 9.92. The van der Waals surface area contributed by atoms with Crippen LogP contribution in [0.1, 0.15) is 27.2 Å². The molecule has 90 valence electrons. The van der Waals surface area contributed by atoms with Gasteiger partial charge in [0.05, 0.1) is 0 Å². The molecule has 0 aliphatic carbocycles. The Morgan fingerprint density at radius 3 is 2.53 bits per heavy atom. The van der Waals surface area contributed by atoms with E-state index in [1.54, 1.807) is 0 Å². The largest absolute Gasteiger partial charge is 0.316 e. The van der Waals surface area contributed by atoms with Crippen molar-refractivity contribution in [3.63, 3.8) is 0 Å².